The summed E-state index contributed by atoms with van der Waals surface area (Å²) in [5.41, 5.74) is 4.22. The summed E-state index contributed by atoms with van der Waals surface area (Å²) in [5.74, 6) is -0.924. The second kappa shape index (κ2) is 7.04. The van der Waals surface area contributed by atoms with E-state index in [2.05, 4.69) is 0 Å². The maximum Gasteiger partial charge on any atom is 0.333 e. The zero-order chi connectivity index (χ0) is 15.2. The average molecular weight is 284 g/mol. The average Bonchev–Trinajstić information content (AvgIpc) is 2.47. The van der Waals surface area contributed by atoms with Gasteiger partial charge in [-0.15, -0.1) is 0 Å². The fraction of sp³-hybridized carbons (Fsp3) is 0.278. The minimum Gasteiger partial charge on any atom is -0.479 e. The summed E-state index contributed by atoms with van der Waals surface area (Å²) in [5, 5.41) is 9.35. The Hall–Kier alpha value is -2.13. The van der Waals surface area contributed by atoms with E-state index in [0.717, 1.165) is 22.3 Å². The quantitative estimate of drug-likeness (QED) is 0.883. The van der Waals surface area contributed by atoms with Crippen molar-refractivity contribution in [3.8, 4) is 0 Å². The molecule has 0 fully saturated rings. The van der Waals surface area contributed by atoms with E-state index in [9.17, 15) is 9.90 Å². The first-order chi connectivity index (χ1) is 10.1. The fourth-order valence-corrected chi connectivity index (χ4v) is 2.21. The van der Waals surface area contributed by atoms with Crippen molar-refractivity contribution in [2.24, 2.45) is 0 Å². The first-order valence-electron chi connectivity index (χ1n) is 7.00. The summed E-state index contributed by atoms with van der Waals surface area (Å²) in [7, 11) is 0. The number of hydrogen-bond donors (Lipinski definition) is 1. The molecule has 0 aliphatic heterocycles. The van der Waals surface area contributed by atoms with E-state index in [1.54, 1.807) is 0 Å². The van der Waals surface area contributed by atoms with Gasteiger partial charge in [0.1, 0.15) is 0 Å². The lowest BCUT2D eigenvalue weighted by Crippen LogP contribution is -2.26. The molecule has 0 aliphatic rings. The molecular formula is C18H20O3. The summed E-state index contributed by atoms with van der Waals surface area (Å²) in [6.45, 7) is 4.30. The van der Waals surface area contributed by atoms with Gasteiger partial charge >= 0.3 is 5.97 Å². The molecular weight excluding hydrogens is 264 g/mol. The Kier molecular flexibility index (Phi) is 5.12. The molecule has 0 heterocycles. The molecule has 0 bridgehead atoms. The minimum atomic E-state index is -0.924. The number of aliphatic carboxylic acids is 1. The molecule has 1 atom stereocenters. The predicted octanol–water partition coefficient (Wildman–Crippen LogP) is 3.52. The maximum absolute atomic E-state index is 11.4. The highest BCUT2D eigenvalue weighted by molar-refractivity contribution is 5.72. The van der Waals surface area contributed by atoms with Gasteiger partial charge in [0.25, 0.3) is 0 Å². The third kappa shape index (κ3) is 4.43. The molecule has 0 saturated heterocycles. The molecule has 0 spiro atoms. The molecule has 21 heavy (non-hydrogen) atoms. The largest absolute Gasteiger partial charge is 0.479 e. The number of aryl methyl sites for hydroxylation is 2. The van der Waals surface area contributed by atoms with E-state index in [0.29, 0.717) is 13.0 Å². The van der Waals surface area contributed by atoms with Crippen LogP contribution in [0.15, 0.2) is 48.5 Å². The highest BCUT2D eigenvalue weighted by Crippen LogP contribution is 2.15. The summed E-state index contributed by atoms with van der Waals surface area (Å²) in [6.07, 6.45) is -0.443. The second-order valence-electron chi connectivity index (χ2n) is 5.26. The van der Waals surface area contributed by atoms with Crippen molar-refractivity contribution in [2.45, 2.75) is 33.0 Å². The van der Waals surface area contributed by atoms with E-state index < -0.39 is 12.1 Å². The van der Waals surface area contributed by atoms with Gasteiger partial charge in [-0.2, -0.15) is 0 Å². The van der Waals surface area contributed by atoms with E-state index >= 15 is 0 Å². The van der Waals surface area contributed by atoms with Gasteiger partial charge in [0, 0.05) is 6.42 Å². The molecule has 3 heteroatoms. The Balaban J connectivity index is 2.05. The van der Waals surface area contributed by atoms with E-state index in [-0.39, 0.29) is 0 Å². The number of rotatable bonds is 6. The number of carboxylic acid groups (broad SMARTS) is 1. The van der Waals surface area contributed by atoms with Crippen LogP contribution in [0.1, 0.15) is 22.3 Å². The van der Waals surface area contributed by atoms with E-state index in [1.165, 1.54) is 0 Å². The summed E-state index contributed by atoms with van der Waals surface area (Å²) < 4.78 is 5.59. The van der Waals surface area contributed by atoms with Gasteiger partial charge in [0.2, 0.25) is 0 Å². The third-order valence-electron chi connectivity index (χ3n) is 3.48. The highest BCUT2D eigenvalue weighted by Gasteiger charge is 2.19. The van der Waals surface area contributed by atoms with Crippen LogP contribution in [0.5, 0.6) is 0 Å². The van der Waals surface area contributed by atoms with Crippen molar-refractivity contribution in [1.82, 2.24) is 0 Å². The lowest BCUT2D eigenvalue weighted by molar-refractivity contribution is -0.151. The maximum atomic E-state index is 11.4. The van der Waals surface area contributed by atoms with Gasteiger partial charge in [0.05, 0.1) is 6.61 Å². The SMILES string of the molecule is Cc1ccc(C)c(CC(OCc2ccccc2)C(=O)O)c1. The topological polar surface area (TPSA) is 46.5 Å². The number of ether oxygens (including phenoxy) is 1. The van der Waals surface area contributed by atoms with Crippen molar-refractivity contribution in [3.63, 3.8) is 0 Å². The number of hydrogen-bond acceptors (Lipinski definition) is 2. The van der Waals surface area contributed by atoms with Gasteiger partial charge in [-0.3, -0.25) is 0 Å². The molecule has 2 aromatic carbocycles. The van der Waals surface area contributed by atoms with Crippen molar-refractivity contribution < 1.29 is 14.6 Å². The molecule has 110 valence electrons. The van der Waals surface area contributed by atoms with Crippen molar-refractivity contribution in [1.29, 1.82) is 0 Å². The zero-order valence-electron chi connectivity index (χ0n) is 12.4. The molecule has 0 aromatic heterocycles. The molecule has 0 saturated carbocycles. The Morgan fingerprint density at radius 1 is 1.14 bits per heavy atom. The Morgan fingerprint density at radius 2 is 1.86 bits per heavy atom. The fourth-order valence-electron chi connectivity index (χ4n) is 2.21. The Morgan fingerprint density at radius 3 is 2.52 bits per heavy atom. The summed E-state index contributed by atoms with van der Waals surface area (Å²) in [6, 6.07) is 15.7. The number of carboxylic acids is 1. The van der Waals surface area contributed by atoms with Crippen LogP contribution in [0, 0.1) is 13.8 Å². The van der Waals surface area contributed by atoms with Crippen LogP contribution in [0.2, 0.25) is 0 Å². The number of benzene rings is 2. The number of carbonyl (C=O) groups is 1. The van der Waals surface area contributed by atoms with Crippen LogP contribution in [-0.2, 0) is 22.6 Å². The Labute approximate surface area is 125 Å². The molecule has 3 nitrogen and oxygen atoms in total. The molecule has 0 aliphatic carbocycles. The predicted molar refractivity (Wildman–Crippen MR) is 82.3 cm³/mol. The summed E-state index contributed by atoms with van der Waals surface area (Å²) in [4.78, 5) is 11.4. The molecule has 2 rings (SSSR count). The normalized spacial score (nSPS) is 12.1. The van der Waals surface area contributed by atoms with Crippen LogP contribution in [-0.4, -0.2) is 17.2 Å². The molecule has 2 aromatic rings. The van der Waals surface area contributed by atoms with Gasteiger partial charge in [-0.05, 0) is 30.5 Å². The van der Waals surface area contributed by atoms with Crippen LogP contribution in [0.25, 0.3) is 0 Å². The van der Waals surface area contributed by atoms with Gasteiger partial charge in [-0.1, -0.05) is 54.1 Å². The van der Waals surface area contributed by atoms with E-state index in [4.69, 9.17) is 4.74 Å². The molecule has 0 radical (unpaired) electrons. The van der Waals surface area contributed by atoms with Crippen molar-refractivity contribution >= 4 is 5.97 Å². The lowest BCUT2D eigenvalue weighted by atomic mass is 10.00. The van der Waals surface area contributed by atoms with Gasteiger partial charge in [0.15, 0.2) is 6.10 Å². The third-order valence-corrected chi connectivity index (χ3v) is 3.48. The summed E-state index contributed by atoms with van der Waals surface area (Å²) >= 11 is 0. The van der Waals surface area contributed by atoms with Crippen LogP contribution >= 0.6 is 0 Å². The van der Waals surface area contributed by atoms with Crippen molar-refractivity contribution in [3.05, 3.63) is 70.8 Å². The zero-order valence-corrected chi connectivity index (χ0v) is 12.4. The molecule has 1 unspecified atom stereocenters. The molecule has 1 N–H and O–H groups in total. The van der Waals surface area contributed by atoms with Crippen molar-refractivity contribution in [2.75, 3.05) is 0 Å². The van der Waals surface area contributed by atoms with Gasteiger partial charge < -0.3 is 9.84 Å². The first-order valence-corrected chi connectivity index (χ1v) is 7.00. The van der Waals surface area contributed by atoms with Crippen LogP contribution < -0.4 is 0 Å². The Bertz CT molecular complexity index is 605. The standard InChI is InChI=1S/C18H20O3/c1-13-8-9-14(2)16(10-13)11-17(18(19)20)21-12-15-6-4-3-5-7-15/h3-10,17H,11-12H2,1-2H3,(H,19,20). The van der Waals surface area contributed by atoms with E-state index in [1.807, 2.05) is 62.4 Å². The smallest absolute Gasteiger partial charge is 0.333 e. The monoisotopic (exact) mass is 284 g/mol. The highest BCUT2D eigenvalue weighted by atomic mass is 16.5. The lowest BCUT2D eigenvalue weighted by Gasteiger charge is -2.15. The van der Waals surface area contributed by atoms with Gasteiger partial charge in [-0.25, -0.2) is 4.79 Å². The van der Waals surface area contributed by atoms with Crippen LogP contribution in [0.4, 0.5) is 0 Å². The second-order valence-corrected chi connectivity index (χ2v) is 5.26. The first kappa shape index (κ1) is 15.3. The minimum absolute atomic E-state index is 0.308. The molecule has 0 amide bonds. The van der Waals surface area contributed by atoms with Crippen LogP contribution in [0.3, 0.4) is 0 Å².